The Morgan fingerprint density at radius 3 is 2.80 bits per heavy atom. The minimum absolute atomic E-state index is 0.0735. The highest BCUT2D eigenvalue weighted by Gasteiger charge is 2.33. The van der Waals surface area contributed by atoms with Crippen molar-refractivity contribution in [2.45, 2.75) is 19.9 Å². The Hall–Kier alpha value is -0.390. The summed E-state index contributed by atoms with van der Waals surface area (Å²) in [6.45, 7) is 8.75. The van der Waals surface area contributed by atoms with Crippen LogP contribution in [0.5, 0.6) is 0 Å². The van der Waals surface area contributed by atoms with Crippen molar-refractivity contribution in [3.05, 3.63) is 12.7 Å². The van der Waals surface area contributed by atoms with Crippen molar-refractivity contribution in [1.29, 1.82) is 0 Å². The van der Waals surface area contributed by atoms with Crippen molar-refractivity contribution in [2.24, 2.45) is 5.92 Å². The Kier molecular flexibility index (Phi) is 4.31. The van der Waals surface area contributed by atoms with Gasteiger partial charge in [0.05, 0.1) is 25.0 Å². The Labute approximate surface area is 92.0 Å². The van der Waals surface area contributed by atoms with Gasteiger partial charge in [-0.15, -0.1) is 6.58 Å². The molecule has 0 aliphatic carbocycles. The minimum atomic E-state index is -3.18. The molecule has 1 saturated heterocycles. The molecule has 0 amide bonds. The molecule has 1 fully saturated rings. The summed E-state index contributed by atoms with van der Waals surface area (Å²) in [4.78, 5) is 0. The van der Waals surface area contributed by atoms with Gasteiger partial charge in [-0.05, 0) is 5.92 Å². The van der Waals surface area contributed by atoms with Crippen molar-refractivity contribution in [3.8, 4) is 0 Å². The van der Waals surface area contributed by atoms with Crippen LogP contribution in [-0.2, 0) is 14.8 Å². The van der Waals surface area contributed by atoms with Gasteiger partial charge in [-0.2, -0.15) is 4.31 Å². The smallest absolute Gasteiger partial charge is 0.217 e. The highest BCUT2D eigenvalue weighted by Crippen LogP contribution is 2.18. The molecule has 0 unspecified atom stereocenters. The largest absolute Gasteiger partial charge is 0.379 e. The van der Waals surface area contributed by atoms with Crippen molar-refractivity contribution in [3.63, 3.8) is 0 Å². The zero-order chi connectivity index (χ0) is 11.5. The SMILES string of the molecule is C=CCN1[C@@H](C(C)C)COCCS1(=O)=O. The molecule has 0 saturated carbocycles. The lowest BCUT2D eigenvalue weighted by atomic mass is 10.1. The second kappa shape index (κ2) is 5.09. The van der Waals surface area contributed by atoms with Gasteiger partial charge < -0.3 is 4.74 Å². The van der Waals surface area contributed by atoms with Crippen molar-refractivity contribution in [1.82, 2.24) is 4.31 Å². The summed E-state index contributed by atoms with van der Waals surface area (Å²) in [5, 5.41) is 0. The van der Waals surface area contributed by atoms with Gasteiger partial charge >= 0.3 is 0 Å². The summed E-state index contributed by atoms with van der Waals surface area (Å²) in [6.07, 6.45) is 1.62. The first-order chi connectivity index (χ1) is 6.99. The van der Waals surface area contributed by atoms with E-state index in [1.54, 1.807) is 6.08 Å². The van der Waals surface area contributed by atoms with Gasteiger partial charge in [0.1, 0.15) is 0 Å². The lowest BCUT2D eigenvalue weighted by molar-refractivity contribution is 0.0952. The van der Waals surface area contributed by atoms with E-state index in [0.29, 0.717) is 19.8 Å². The third-order valence-electron chi connectivity index (χ3n) is 2.58. The first-order valence-corrected chi connectivity index (χ1v) is 6.78. The summed E-state index contributed by atoms with van der Waals surface area (Å²) >= 11 is 0. The van der Waals surface area contributed by atoms with E-state index in [0.717, 1.165) is 0 Å². The van der Waals surface area contributed by atoms with E-state index in [1.165, 1.54) is 4.31 Å². The molecule has 1 rings (SSSR count). The average Bonchev–Trinajstić information content (AvgIpc) is 2.27. The van der Waals surface area contributed by atoms with Crippen LogP contribution in [-0.4, -0.2) is 44.3 Å². The van der Waals surface area contributed by atoms with Crippen molar-refractivity contribution < 1.29 is 13.2 Å². The van der Waals surface area contributed by atoms with E-state index < -0.39 is 10.0 Å². The zero-order valence-electron chi connectivity index (χ0n) is 9.35. The summed E-state index contributed by atoms with van der Waals surface area (Å²) in [6, 6.07) is -0.0736. The Morgan fingerprint density at radius 1 is 1.60 bits per heavy atom. The molecular formula is C10H19NO3S. The molecule has 0 N–H and O–H groups in total. The summed E-state index contributed by atoms with van der Waals surface area (Å²) in [5.74, 6) is 0.321. The molecule has 0 spiro atoms. The zero-order valence-corrected chi connectivity index (χ0v) is 10.2. The standard InChI is InChI=1S/C10H19NO3S/c1-4-5-11-10(9(2)3)8-14-6-7-15(11,12)13/h4,9-10H,1,5-8H2,2-3H3/t10-/m1/s1. The van der Waals surface area contributed by atoms with Crippen LogP contribution in [0.2, 0.25) is 0 Å². The molecule has 5 heteroatoms. The summed E-state index contributed by atoms with van der Waals surface area (Å²) in [5.41, 5.74) is 0. The van der Waals surface area contributed by atoms with Gasteiger partial charge in [0.2, 0.25) is 10.0 Å². The molecule has 1 aliphatic heterocycles. The number of hydrogen-bond acceptors (Lipinski definition) is 3. The third kappa shape index (κ3) is 3.03. The van der Waals surface area contributed by atoms with E-state index >= 15 is 0 Å². The van der Waals surface area contributed by atoms with Crippen LogP contribution in [0, 0.1) is 5.92 Å². The van der Waals surface area contributed by atoms with Gasteiger partial charge in [-0.25, -0.2) is 8.42 Å². The van der Waals surface area contributed by atoms with Gasteiger partial charge in [0.15, 0.2) is 0 Å². The normalized spacial score (nSPS) is 27.5. The molecule has 0 aromatic rings. The molecule has 1 atom stereocenters. The predicted molar refractivity (Wildman–Crippen MR) is 60.1 cm³/mol. The summed E-state index contributed by atoms with van der Waals surface area (Å²) in [7, 11) is -3.18. The maximum Gasteiger partial charge on any atom is 0.217 e. The summed E-state index contributed by atoms with van der Waals surface area (Å²) < 4.78 is 30.6. The van der Waals surface area contributed by atoms with Crippen molar-refractivity contribution >= 4 is 10.0 Å². The van der Waals surface area contributed by atoms with Crippen LogP contribution >= 0.6 is 0 Å². The van der Waals surface area contributed by atoms with Gasteiger partial charge in [-0.1, -0.05) is 19.9 Å². The van der Waals surface area contributed by atoms with Crippen LogP contribution in [0.25, 0.3) is 0 Å². The monoisotopic (exact) mass is 233 g/mol. The van der Waals surface area contributed by atoms with E-state index in [4.69, 9.17) is 4.74 Å². The highest BCUT2D eigenvalue weighted by molar-refractivity contribution is 7.89. The Morgan fingerprint density at radius 2 is 2.27 bits per heavy atom. The molecule has 15 heavy (non-hydrogen) atoms. The molecule has 4 nitrogen and oxygen atoms in total. The van der Waals surface area contributed by atoms with Crippen molar-refractivity contribution in [2.75, 3.05) is 25.5 Å². The fraction of sp³-hybridized carbons (Fsp3) is 0.800. The third-order valence-corrected chi connectivity index (χ3v) is 4.40. The second-order valence-corrected chi connectivity index (χ2v) is 6.10. The van der Waals surface area contributed by atoms with E-state index in [9.17, 15) is 8.42 Å². The Balaban J connectivity index is 2.97. The van der Waals surface area contributed by atoms with Crippen LogP contribution in [0.3, 0.4) is 0 Å². The number of hydrogen-bond donors (Lipinski definition) is 0. The van der Waals surface area contributed by atoms with Gasteiger partial charge in [0.25, 0.3) is 0 Å². The topological polar surface area (TPSA) is 46.6 Å². The van der Waals surface area contributed by atoms with Gasteiger partial charge in [0, 0.05) is 6.54 Å². The fourth-order valence-corrected chi connectivity index (χ4v) is 3.29. The van der Waals surface area contributed by atoms with Crippen LogP contribution < -0.4 is 0 Å². The fourth-order valence-electron chi connectivity index (χ4n) is 1.68. The number of rotatable bonds is 3. The lowest BCUT2D eigenvalue weighted by Gasteiger charge is -2.29. The first-order valence-electron chi connectivity index (χ1n) is 5.17. The molecule has 0 bridgehead atoms. The number of nitrogens with zero attached hydrogens (tertiary/aromatic N) is 1. The second-order valence-electron chi connectivity index (χ2n) is 4.06. The maximum atomic E-state index is 11.9. The average molecular weight is 233 g/mol. The van der Waals surface area contributed by atoms with E-state index in [-0.39, 0.29) is 17.7 Å². The lowest BCUT2D eigenvalue weighted by Crippen LogP contribution is -2.44. The first kappa shape index (κ1) is 12.7. The minimum Gasteiger partial charge on any atom is -0.379 e. The van der Waals surface area contributed by atoms with Crippen LogP contribution in [0.1, 0.15) is 13.8 Å². The quantitative estimate of drug-likeness (QED) is 0.679. The maximum absolute atomic E-state index is 11.9. The van der Waals surface area contributed by atoms with Gasteiger partial charge in [-0.3, -0.25) is 0 Å². The molecular weight excluding hydrogens is 214 g/mol. The molecule has 1 aliphatic rings. The molecule has 0 aromatic carbocycles. The number of ether oxygens (including phenoxy) is 1. The molecule has 0 aromatic heterocycles. The molecule has 0 radical (unpaired) electrons. The van der Waals surface area contributed by atoms with Crippen LogP contribution in [0.15, 0.2) is 12.7 Å². The predicted octanol–water partition coefficient (Wildman–Crippen LogP) is 0.859. The highest BCUT2D eigenvalue weighted by atomic mass is 32.2. The van der Waals surface area contributed by atoms with E-state index in [2.05, 4.69) is 6.58 Å². The number of sulfonamides is 1. The van der Waals surface area contributed by atoms with Crippen LogP contribution in [0.4, 0.5) is 0 Å². The molecule has 88 valence electrons. The Bertz CT molecular complexity index is 311. The van der Waals surface area contributed by atoms with E-state index in [1.807, 2.05) is 13.8 Å². The molecule has 1 heterocycles.